The molecule has 0 fully saturated rings. The van der Waals surface area contributed by atoms with Gasteiger partial charge >= 0.3 is 0 Å². The predicted octanol–water partition coefficient (Wildman–Crippen LogP) is 2.22. The standard InChI is InChI=1S/C17H23FN4O2/c1-4-19-17(21-10-16-22-11(2)12(3)24-16)20-9-15(23)13-5-7-14(18)8-6-13/h5-8,15,23H,4,9-10H2,1-3H3,(H2,19,20,21). The average Bonchev–Trinajstić information content (AvgIpc) is 2.88. The Labute approximate surface area is 140 Å². The molecule has 0 amide bonds. The summed E-state index contributed by atoms with van der Waals surface area (Å²) in [6, 6.07) is 5.77. The van der Waals surface area contributed by atoms with Crippen molar-refractivity contribution >= 4 is 5.96 Å². The van der Waals surface area contributed by atoms with E-state index in [0.29, 0.717) is 30.5 Å². The van der Waals surface area contributed by atoms with Gasteiger partial charge in [-0.1, -0.05) is 12.1 Å². The van der Waals surface area contributed by atoms with Crippen LogP contribution >= 0.6 is 0 Å². The number of aryl methyl sites for hydroxylation is 2. The van der Waals surface area contributed by atoms with Gasteiger partial charge in [-0.3, -0.25) is 0 Å². The van der Waals surface area contributed by atoms with Crippen molar-refractivity contribution in [1.82, 2.24) is 15.6 Å². The van der Waals surface area contributed by atoms with Crippen molar-refractivity contribution < 1.29 is 13.9 Å². The van der Waals surface area contributed by atoms with Crippen LogP contribution in [0.3, 0.4) is 0 Å². The lowest BCUT2D eigenvalue weighted by molar-refractivity contribution is 0.180. The van der Waals surface area contributed by atoms with Crippen molar-refractivity contribution in [2.24, 2.45) is 4.99 Å². The van der Waals surface area contributed by atoms with Crippen molar-refractivity contribution in [2.75, 3.05) is 13.1 Å². The molecule has 1 unspecified atom stereocenters. The molecule has 2 aromatic rings. The van der Waals surface area contributed by atoms with E-state index in [9.17, 15) is 9.50 Å². The van der Waals surface area contributed by atoms with Crippen molar-refractivity contribution in [1.29, 1.82) is 0 Å². The first kappa shape index (κ1) is 17.9. The van der Waals surface area contributed by atoms with E-state index in [4.69, 9.17) is 4.42 Å². The van der Waals surface area contributed by atoms with E-state index >= 15 is 0 Å². The Morgan fingerprint density at radius 3 is 2.58 bits per heavy atom. The molecule has 0 bridgehead atoms. The molecule has 0 aliphatic heterocycles. The Morgan fingerprint density at radius 1 is 1.29 bits per heavy atom. The first-order valence-corrected chi connectivity index (χ1v) is 7.88. The molecule has 0 spiro atoms. The van der Waals surface area contributed by atoms with Gasteiger partial charge in [-0.2, -0.15) is 0 Å². The van der Waals surface area contributed by atoms with Crippen molar-refractivity contribution in [3.8, 4) is 0 Å². The SMILES string of the molecule is CCNC(=NCc1nc(C)c(C)o1)NCC(O)c1ccc(F)cc1. The molecular weight excluding hydrogens is 311 g/mol. The topological polar surface area (TPSA) is 82.7 Å². The molecule has 3 N–H and O–H groups in total. The second-order valence-electron chi connectivity index (χ2n) is 5.39. The normalized spacial score (nSPS) is 13.0. The maximum absolute atomic E-state index is 12.9. The van der Waals surface area contributed by atoms with Crippen molar-refractivity contribution in [2.45, 2.75) is 33.4 Å². The molecule has 7 heteroatoms. The van der Waals surface area contributed by atoms with Gasteiger partial charge in [0.1, 0.15) is 18.1 Å². The Bertz CT molecular complexity index is 663. The zero-order valence-corrected chi connectivity index (χ0v) is 14.1. The van der Waals surface area contributed by atoms with Gasteiger partial charge in [0.2, 0.25) is 5.89 Å². The smallest absolute Gasteiger partial charge is 0.216 e. The van der Waals surface area contributed by atoms with Crippen molar-refractivity contribution in [3.63, 3.8) is 0 Å². The number of halogens is 1. The Kier molecular flexibility index (Phi) is 6.31. The molecule has 0 saturated carbocycles. The molecule has 1 aromatic carbocycles. The molecule has 130 valence electrons. The number of aliphatic hydroxyl groups excluding tert-OH is 1. The predicted molar refractivity (Wildman–Crippen MR) is 90.2 cm³/mol. The molecule has 0 aliphatic rings. The zero-order chi connectivity index (χ0) is 17.5. The van der Waals surface area contributed by atoms with E-state index in [1.54, 1.807) is 12.1 Å². The van der Waals surface area contributed by atoms with E-state index in [-0.39, 0.29) is 12.4 Å². The van der Waals surface area contributed by atoms with Crippen LogP contribution in [0.2, 0.25) is 0 Å². The molecule has 24 heavy (non-hydrogen) atoms. The second kappa shape index (κ2) is 8.44. The molecule has 0 saturated heterocycles. The van der Waals surface area contributed by atoms with Crippen LogP contribution in [0.25, 0.3) is 0 Å². The number of rotatable bonds is 6. The summed E-state index contributed by atoms with van der Waals surface area (Å²) in [5, 5.41) is 16.3. The number of aliphatic imine (C=N–C) groups is 1. The van der Waals surface area contributed by atoms with Gasteiger partial charge in [0, 0.05) is 13.1 Å². The van der Waals surface area contributed by atoms with Gasteiger partial charge in [0.15, 0.2) is 5.96 Å². The Hall–Kier alpha value is -2.41. The van der Waals surface area contributed by atoms with Crippen LogP contribution in [0.1, 0.15) is 35.9 Å². The highest BCUT2D eigenvalue weighted by atomic mass is 19.1. The van der Waals surface area contributed by atoms with Crippen LogP contribution in [0.15, 0.2) is 33.7 Å². The van der Waals surface area contributed by atoms with E-state index < -0.39 is 6.10 Å². The quantitative estimate of drug-likeness (QED) is 0.557. The largest absolute Gasteiger partial charge is 0.444 e. The molecule has 2 rings (SSSR count). The van der Waals surface area contributed by atoms with Crippen LogP contribution in [0.4, 0.5) is 4.39 Å². The first-order valence-electron chi connectivity index (χ1n) is 7.88. The van der Waals surface area contributed by atoms with Crippen LogP contribution in [0.5, 0.6) is 0 Å². The fourth-order valence-electron chi connectivity index (χ4n) is 2.09. The van der Waals surface area contributed by atoms with Crippen molar-refractivity contribution in [3.05, 3.63) is 53.0 Å². The van der Waals surface area contributed by atoms with Gasteiger partial charge in [0.05, 0.1) is 11.8 Å². The lowest BCUT2D eigenvalue weighted by Gasteiger charge is -2.15. The summed E-state index contributed by atoms with van der Waals surface area (Å²) in [6.45, 7) is 6.93. The third-order valence-corrected chi connectivity index (χ3v) is 3.51. The third-order valence-electron chi connectivity index (χ3n) is 3.51. The summed E-state index contributed by atoms with van der Waals surface area (Å²) < 4.78 is 18.4. The average molecular weight is 334 g/mol. The molecule has 0 radical (unpaired) electrons. The monoisotopic (exact) mass is 334 g/mol. The minimum Gasteiger partial charge on any atom is -0.444 e. The summed E-state index contributed by atoms with van der Waals surface area (Å²) in [6.07, 6.45) is -0.763. The highest BCUT2D eigenvalue weighted by Crippen LogP contribution is 2.12. The van der Waals surface area contributed by atoms with Crippen LogP contribution < -0.4 is 10.6 Å². The number of nitrogens with one attached hydrogen (secondary N) is 2. The summed E-state index contributed by atoms with van der Waals surface area (Å²) in [5.41, 5.74) is 1.49. The van der Waals surface area contributed by atoms with Gasteiger partial charge in [-0.05, 0) is 38.5 Å². The fraction of sp³-hybridized carbons (Fsp3) is 0.412. The maximum Gasteiger partial charge on any atom is 0.216 e. The minimum atomic E-state index is -0.763. The molecule has 6 nitrogen and oxygen atoms in total. The van der Waals surface area contributed by atoms with E-state index in [0.717, 1.165) is 11.5 Å². The van der Waals surface area contributed by atoms with E-state index in [1.165, 1.54) is 12.1 Å². The molecule has 1 atom stereocenters. The van der Waals surface area contributed by atoms with Gasteiger partial charge in [0.25, 0.3) is 0 Å². The zero-order valence-electron chi connectivity index (χ0n) is 14.1. The summed E-state index contributed by atoms with van der Waals surface area (Å²) in [5.74, 6) is 1.55. The maximum atomic E-state index is 12.9. The summed E-state index contributed by atoms with van der Waals surface area (Å²) in [7, 11) is 0. The van der Waals surface area contributed by atoms with Crippen LogP contribution in [0, 0.1) is 19.7 Å². The summed E-state index contributed by atoms with van der Waals surface area (Å²) in [4.78, 5) is 8.66. The van der Waals surface area contributed by atoms with Crippen LogP contribution in [-0.2, 0) is 6.54 Å². The highest BCUT2D eigenvalue weighted by Gasteiger charge is 2.09. The second-order valence-corrected chi connectivity index (χ2v) is 5.39. The van der Waals surface area contributed by atoms with Gasteiger partial charge < -0.3 is 20.2 Å². The molecule has 1 aromatic heterocycles. The number of benzene rings is 1. The number of aromatic nitrogens is 1. The van der Waals surface area contributed by atoms with E-state index in [2.05, 4.69) is 20.6 Å². The molecule has 1 heterocycles. The number of hydrogen-bond donors (Lipinski definition) is 3. The lowest BCUT2D eigenvalue weighted by Crippen LogP contribution is -2.39. The number of hydrogen-bond acceptors (Lipinski definition) is 4. The number of oxazole rings is 1. The molecular formula is C17H23FN4O2. The minimum absolute atomic E-state index is 0.251. The van der Waals surface area contributed by atoms with Crippen LogP contribution in [-0.4, -0.2) is 29.1 Å². The first-order chi connectivity index (χ1) is 11.5. The van der Waals surface area contributed by atoms with Gasteiger partial charge in [-0.25, -0.2) is 14.4 Å². The fourth-order valence-corrected chi connectivity index (χ4v) is 2.09. The van der Waals surface area contributed by atoms with E-state index in [1.807, 2.05) is 20.8 Å². The molecule has 0 aliphatic carbocycles. The highest BCUT2D eigenvalue weighted by molar-refractivity contribution is 5.79. The third kappa shape index (κ3) is 5.06. The lowest BCUT2D eigenvalue weighted by atomic mass is 10.1. The Balaban J connectivity index is 1.94. The number of aliphatic hydroxyl groups is 1. The summed E-state index contributed by atoms with van der Waals surface area (Å²) >= 11 is 0. The number of nitrogens with zero attached hydrogens (tertiary/aromatic N) is 2. The number of guanidine groups is 1. The van der Waals surface area contributed by atoms with Gasteiger partial charge in [-0.15, -0.1) is 0 Å². The Morgan fingerprint density at radius 2 is 2.00 bits per heavy atom.